The Morgan fingerprint density at radius 2 is 1.48 bits per heavy atom. The third-order valence-corrected chi connectivity index (χ3v) is 4.11. The minimum atomic E-state index is -0.221. The van der Waals surface area contributed by atoms with Crippen molar-refractivity contribution in [2.75, 3.05) is 38.7 Å². The summed E-state index contributed by atoms with van der Waals surface area (Å²) in [5, 5.41) is 2.83. The van der Waals surface area contributed by atoms with Gasteiger partial charge in [0.2, 0.25) is 0 Å². The zero-order valence-electron chi connectivity index (χ0n) is 16.0. The molecular weight excluding hydrogens is 344 g/mol. The number of hydrogen-bond acceptors (Lipinski definition) is 4. The molecule has 27 heavy (non-hydrogen) atoms. The maximum Gasteiger partial charge on any atom is 0.255 e. The fourth-order valence-corrected chi connectivity index (χ4v) is 2.54. The maximum atomic E-state index is 12.4. The molecule has 0 atom stereocenters. The third kappa shape index (κ3) is 5.82. The number of ether oxygens (including phenoxy) is 2. The van der Waals surface area contributed by atoms with Crippen LogP contribution in [0.1, 0.15) is 34.6 Å². The molecule has 2 amide bonds. The van der Waals surface area contributed by atoms with Crippen LogP contribution in [0.3, 0.4) is 0 Å². The highest BCUT2D eigenvalue weighted by Crippen LogP contribution is 2.16. The van der Waals surface area contributed by atoms with E-state index in [4.69, 9.17) is 9.47 Å². The van der Waals surface area contributed by atoms with Crippen LogP contribution in [0.25, 0.3) is 0 Å². The molecule has 0 radical (unpaired) electrons. The number of benzene rings is 2. The minimum Gasteiger partial charge on any atom is -0.491 e. The average molecular weight is 370 g/mol. The molecule has 2 rings (SSSR count). The summed E-state index contributed by atoms with van der Waals surface area (Å²) in [6.07, 6.45) is 0. The summed E-state index contributed by atoms with van der Waals surface area (Å²) in [6, 6.07) is 13.8. The summed E-state index contributed by atoms with van der Waals surface area (Å²) in [7, 11) is 1.61. The van der Waals surface area contributed by atoms with Gasteiger partial charge in [0.15, 0.2) is 0 Å². The highest BCUT2D eigenvalue weighted by atomic mass is 16.5. The van der Waals surface area contributed by atoms with Gasteiger partial charge < -0.3 is 19.7 Å². The molecule has 0 aliphatic rings. The van der Waals surface area contributed by atoms with Gasteiger partial charge in [0.25, 0.3) is 11.8 Å². The van der Waals surface area contributed by atoms with Crippen LogP contribution in [-0.4, -0.2) is 50.1 Å². The predicted octanol–water partition coefficient (Wildman–Crippen LogP) is 3.45. The normalized spacial score (nSPS) is 10.3. The average Bonchev–Trinajstić information content (AvgIpc) is 2.70. The summed E-state index contributed by atoms with van der Waals surface area (Å²) in [4.78, 5) is 26.4. The van der Waals surface area contributed by atoms with Crippen LogP contribution in [0, 0.1) is 0 Å². The number of nitrogens with zero attached hydrogens (tertiary/aromatic N) is 1. The highest BCUT2D eigenvalue weighted by Gasteiger charge is 2.12. The van der Waals surface area contributed by atoms with E-state index < -0.39 is 0 Å². The lowest BCUT2D eigenvalue weighted by molar-refractivity contribution is 0.0773. The molecule has 0 bridgehead atoms. The first-order valence-corrected chi connectivity index (χ1v) is 9.01. The molecule has 0 fully saturated rings. The Morgan fingerprint density at radius 3 is 2.04 bits per heavy atom. The van der Waals surface area contributed by atoms with Crippen molar-refractivity contribution in [3.63, 3.8) is 0 Å². The Labute approximate surface area is 160 Å². The molecule has 0 spiro atoms. The number of carbonyl (C=O) groups excluding carboxylic acids is 2. The van der Waals surface area contributed by atoms with Crippen LogP contribution in [0.2, 0.25) is 0 Å². The second-order valence-electron chi connectivity index (χ2n) is 5.87. The zero-order valence-corrected chi connectivity index (χ0v) is 16.0. The molecule has 2 aromatic carbocycles. The Kier molecular flexibility index (Phi) is 7.82. The number of amides is 2. The van der Waals surface area contributed by atoms with Crippen molar-refractivity contribution in [3.8, 4) is 5.75 Å². The standard InChI is InChI=1S/C21H26N2O4/c1-4-23(5-2)21(25)17-6-10-18(11-7-17)22-20(24)16-8-12-19(13-9-16)27-15-14-26-3/h6-13H,4-5,14-15H2,1-3H3,(H,22,24). The van der Waals surface area contributed by atoms with E-state index in [0.29, 0.717) is 48.9 Å². The van der Waals surface area contributed by atoms with E-state index in [1.54, 1.807) is 60.5 Å². The van der Waals surface area contributed by atoms with Crippen LogP contribution in [0.4, 0.5) is 5.69 Å². The first-order valence-electron chi connectivity index (χ1n) is 9.01. The highest BCUT2D eigenvalue weighted by molar-refractivity contribution is 6.04. The summed E-state index contributed by atoms with van der Waals surface area (Å²) in [6.45, 7) is 6.20. The Balaban J connectivity index is 1.96. The SMILES string of the molecule is CCN(CC)C(=O)c1ccc(NC(=O)c2ccc(OCCOC)cc2)cc1. The van der Waals surface area contributed by atoms with Crippen LogP contribution in [0.15, 0.2) is 48.5 Å². The molecule has 0 saturated heterocycles. The number of nitrogens with one attached hydrogen (secondary N) is 1. The van der Waals surface area contributed by atoms with Crippen LogP contribution in [0.5, 0.6) is 5.75 Å². The summed E-state index contributed by atoms with van der Waals surface area (Å²) >= 11 is 0. The minimum absolute atomic E-state index is 0.0121. The topological polar surface area (TPSA) is 67.9 Å². The van der Waals surface area contributed by atoms with E-state index in [0.717, 1.165) is 0 Å². The van der Waals surface area contributed by atoms with Gasteiger partial charge in [-0.3, -0.25) is 9.59 Å². The largest absolute Gasteiger partial charge is 0.491 e. The molecule has 6 heteroatoms. The number of rotatable bonds is 9. The molecule has 0 aliphatic heterocycles. The Hall–Kier alpha value is -2.86. The van der Waals surface area contributed by atoms with Gasteiger partial charge in [0.1, 0.15) is 12.4 Å². The lowest BCUT2D eigenvalue weighted by atomic mass is 10.1. The van der Waals surface area contributed by atoms with Crippen molar-refractivity contribution in [1.82, 2.24) is 4.90 Å². The van der Waals surface area contributed by atoms with E-state index in [-0.39, 0.29) is 11.8 Å². The second kappa shape index (κ2) is 10.3. The zero-order chi connectivity index (χ0) is 19.6. The van der Waals surface area contributed by atoms with Crippen molar-refractivity contribution in [1.29, 1.82) is 0 Å². The van der Waals surface area contributed by atoms with Crippen molar-refractivity contribution in [2.45, 2.75) is 13.8 Å². The van der Waals surface area contributed by atoms with E-state index >= 15 is 0 Å². The molecule has 6 nitrogen and oxygen atoms in total. The molecule has 0 aliphatic carbocycles. The van der Waals surface area contributed by atoms with Gasteiger partial charge in [-0.15, -0.1) is 0 Å². The Morgan fingerprint density at radius 1 is 0.889 bits per heavy atom. The molecule has 144 valence electrons. The van der Waals surface area contributed by atoms with Gasteiger partial charge in [0, 0.05) is 37.0 Å². The monoisotopic (exact) mass is 370 g/mol. The van der Waals surface area contributed by atoms with Gasteiger partial charge >= 0.3 is 0 Å². The maximum absolute atomic E-state index is 12.4. The van der Waals surface area contributed by atoms with Crippen LogP contribution >= 0.6 is 0 Å². The lowest BCUT2D eigenvalue weighted by Crippen LogP contribution is -2.30. The molecule has 2 aromatic rings. The fraction of sp³-hybridized carbons (Fsp3) is 0.333. The second-order valence-corrected chi connectivity index (χ2v) is 5.87. The molecule has 0 saturated carbocycles. The fourth-order valence-electron chi connectivity index (χ4n) is 2.54. The van der Waals surface area contributed by atoms with Gasteiger partial charge in [-0.1, -0.05) is 0 Å². The summed E-state index contributed by atoms with van der Waals surface area (Å²) < 4.78 is 10.4. The quantitative estimate of drug-likeness (QED) is 0.687. The van der Waals surface area contributed by atoms with Gasteiger partial charge in [-0.2, -0.15) is 0 Å². The van der Waals surface area contributed by atoms with Crippen LogP contribution in [-0.2, 0) is 4.74 Å². The molecular formula is C21H26N2O4. The molecule has 0 heterocycles. The Bertz CT molecular complexity index is 738. The first-order chi connectivity index (χ1) is 13.1. The lowest BCUT2D eigenvalue weighted by Gasteiger charge is -2.18. The van der Waals surface area contributed by atoms with E-state index in [1.165, 1.54) is 0 Å². The number of hydrogen-bond donors (Lipinski definition) is 1. The summed E-state index contributed by atoms with van der Waals surface area (Å²) in [5.41, 5.74) is 1.77. The third-order valence-electron chi connectivity index (χ3n) is 4.11. The number of carbonyl (C=O) groups is 2. The summed E-state index contributed by atoms with van der Waals surface area (Å²) in [5.74, 6) is 0.450. The molecule has 1 N–H and O–H groups in total. The van der Waals surface area contributed by atoms with Crippen molar-refractivity contribution in [3.05, 3.63) is 59.7 Å². The molecule has 0 unspecified atom stereocenters. The first kappa shape index (κ1) is 20.5. The predicted molar refractivity (Wildman–Crippen MR) is 105 cm³/mol. The van der Waals surface area contributed by atoms with Gasteiger partial charge in [-0.05, 0) is 62.4 Å². The van der Waals surface area contributed by atoms with Crippen molar-refractivity contribution >= 4 is 17.5 Å². The van der Waals surface area contributed by atoms with E-state index in [1.807, 2.05) is 13.8 Å². The number of methoxy groups -OCH3 is 1. The smallest absolute Gasteiger partial charge is 0.255 e. The van der Waals surface area contributed by atoms with Crippen molar-refractivity contribution in [2.24, 2.45) is 0 Å². The molecule has 0 aromatic heterocycles. The van der Waals surface area contributed by atoms with E-state index in [2.05, 4.69) is 5.32 Å². The van der Waals surface area contributed by atoms with Gasteiger partial charge in [0.05, 0.1) is 6.61 Å². The number of anilines is 1. The van der Waals surface area contributed by atoms with Crippen molar-refractivity contribution < 1.29 is 19.1 Å². The van der Waals surface area contributed by atoms with Gasteiger partial charge in [-0.25, -0.2) is 0 Å². The van der Waals surface area contributed by atoms with E-state index in [9.17, 15) is 9.59 Å². The van der Waals surface area contributed by atoms with Crippen LogP contribution < -0.4 is 10.1 Å².